The smallest absolute Gasteiger partial charge is 0.232 e. The second-order valence-corrected chi connectivity index (χ2v) is 11.4. The van der Waals surface area contributed by atoms with Crippen molar-refractivity contribution in [1.29, 1.82) is 0 Å². The monoisotopic (exact) mass is 492 g/mol. The number of piperidine rings is 1. The average Bonchev–Trinajstić information content (AvgIpc) is 3.26. The standard InChI is InChI=1S/C28H32N2O4S/c1-33-27-12-5-6-13-28(27)34-23-9-7-8-21(18-23)19-29-16-14-22(15-17-29)25-20-30(35(2,31)32)26-11-4-3-10-24(25)26/h3-13,18,22,25H,14-17,19-20H2,1-2H3. The zero-order valence-electron chi connectivity index (χ0n) is 20.3. The molecule has 1 fully saturated rings. The number of rotatable bonds is 7. The summed E-state index contributed by atoms with van der Waals surface area (Å²) in [5.74, 6) is 2.96. The number of methoxy groups -OCH3 is 1. The van der Waals surface area contributed by atoms with Gasteiger partial charge in [-0.25, -0.2) is 8.42 Å². The van der Waals surface area contributed by atoms with Crippen molar-refractivity contribution in [3.63, 3.8) is 0 Å². The minimum atomic E-state index is -3.27. The predicted octanol–water partition coefficient (Wildman–Crippen LogP) is 5.26. The molecule has 2 aliphatic heterocycles. The van der Waals surface area contributed by atoms with Gasteiger partial charge >= 0.3 is 0 Å². The van der Waals surface area contributed by atoms with Crippen molar-refractivity contribution in [2.45, 2.75) is 25.3 Å². The van der Waals surface area contributed by atoms with Crippen LogP contribution in [-0.4, -0.2) is 46.3 Å². The number of nitrogens with zero attached hydrogens (tertiary/aromatic N) is 2. The molecule has 0 bridgehead atoms. The van der Waals surface area contributed by atoms with Crippen LogP contribution in [0.1, 0.15) is 29.9 Å². The lowest BCUT2D eigenvalue weighted by Gasteiger charge is -2.35. The Bertz CT molecular complexity index is 1290. The molecule has 2 heterocycles. The van der Waals surface area contributed by atoms with Crippen molar-refractivity contribution in [3.8, 4) is 17.2 Å². The third kappa shape index (κ3) is 5.16. The Morgan fingerprint density at radius 2 is 1.63 bits per heavy atom. The molecule has 184 valence electrons. The summed E-state index contributed by atoms with van der Waals surface area (Å²) < 4.78 is 37.8. The predicted molar refractivity (Wildman–Crippen MR) is 139 cm³/mol. The number of ether oxygens (including phenoxy) is 2. The summed E-state index contributed by atoms with van der Waals surface area (Å²) in [6.45, 7) is 3.43. The van der Waals surface area contributed by atoms with E-state index in [0.29, 0.717) is 24.0 Å². The Morgan fingerprint density at radius 3 is 2.37 bits per heavy atom. The maximum atomic E-state index is 12.4. The Morgan fingerprint density at radius 1 is 0.914 bits per heavy atom. The lowest BCUT2D eigenvalue weighted by Crippen LogP contribution is -2.37. The molecule has 0 N–H and O–H groups in total. The van der Waals surface area contributed by atoms with Crippen LogP contribution in [-0.2, 0) is 16.6 Å². The molecule has 6 nitrogen and oxygen atoms in total. The van der Waals surface area contributed by atoms with Crippen LogP contribution in [0.3, 0.4) is 0 Å². The lowest BCUT2D eigenvalue weighted by molar-refractivity contribution is 0.164. The van der Waals surface area contributed by atoms with Crippen molar-refractivity contribution in [2.75, 3.05) is 37.3 Å². The summed E-state index contributed by atoms with van der Waals surface area (Å²) in [4.78, 5) is 2.48. The fourth-order valence-electron chi connectivity index (χ4n) is 5.43. The molecule has 1 unspecified atom stereocenters. The Kier molecular flexibility index (Phi) is 6.71. The van der Waals surface area contributed by atoms with Gasteiger partial charge in [-0.15, -0.1) is 0 Å². The van der Waals surface area contributed by atoms with Gasteiger partial charge in [0.05, 0.1) is 19.1 Å². The minimum absolute atomic E-state index is 0.264. The molecule has 3 aromatic carbocycles. The summed E-state index contributed by atoms with van der Waals surface area (Å²) in [6, 6.07) is 23.9. The molecule has 1 saturated heterocycles. The minimum Gasteiger partial charge on any atom is -0.493 e. The molecule has 7 heteroatoms. The number of para-hydroxylation sites is 3. The number of anilines is 1. The maximum absolute atomic E-state index is 12.4. The summed E-state index contributed by atoms with van der Waals surface area (Å²) in [5, 5.41) is 0. The van der Waals surface area contributed by atoms with E-state index in [9.17, 15) is 8.42 Å². The third-order valence-corrected chi connectivity index (χ3v) is 8.32. The normalized spacial score (nSPS) is 18.9. The van der Waals surface area contributed by atoms with Gasteiger partial charge in [-0.1, -0.05) is 42.5 Å². The lowest BCUT2D eigenvalue weighted by atomic mass is 9.81. The summed E-state index contributed by atoms with van der Waals surface area (Å²) >= 11 is 0. The molecular formula is C28H32N2O4S. The topological polar surface area (TPSA) is 59.1 Å². The first-order valence-electron chi connectivity index (χ1n) is 12.1. The van der Waals surface area contributed by atoms with Crippen molar-refractivity contribution >= 4 is 15.7 Å². The number of fused-ring (bicyclic) bond motifs is 1. The average molecular weight is 493 g/mol. The van der Waals surface area contributed by atoms with Crippen LogP contribution in [0, 0.1) is 5.92 Å². The zero-order valence-corrected chi connectivity index (χ0v) is 21.1. The molecule has 0 aromatic heterocycles. The molecule has 5 rings (SSSR count). The quantitative estimate of drug-likeness (QED) is 0.450. The molecule has 0 saturated carbocycles. The van der Waals surface area contributed by atoms with Gasteiger partial charge < -0.3 is 9.47 Å². The molecule has 1 atom stereocenters. The van der Waals surface area contributed by atoms with E-state index >= 15 is 0 Å². The SMILES string of the molecule is COc1ccccc1Oc1cccc(CN2CCC(C3CN(S(C)(=O)=O)c4ccccc43)CC2)c1. The van der Waals surface area contributed by atoms with Crippen LogP contribution in [0.5, 0.6) is 17.2 Å². The second-order valence-electron chi connectivity index (χ2n) is 9.47. The van der Waals surface area contributed by atoms with Crippen LogP contribution in [0.15, 0.2) is 72.8 Å². The van der Waals surface area contributed by atoms with Gasteiger partial charge in [-0.05, 0) is 73.3 Å². The summed E-state index contributed by atoms with van der Waals surface area (Å²) in [7, 11) is -1.62. The molecule has 0 radical (unpaired) electrons. The fraction of sp³-hybridized carbons (Fsp3) is 0.357. The molecule has 0 spiro atoms. The van der Waals surface area contributed by atoms with Crippen LogP contribution >= 0.6 is 0 Å². The molecule has 0 aliphatic carbocycles. The van der Waals surface area contributed by atoms with E-state index in [4.69, 9.17) is 9.47 Å². The zero-order chi connectivity index (χ0) is 24.4. The highest BCUT2D eigenvalue weighted by Gasteiger charge is 2.38. The van der Waals surface area contributed by atoms with Crippen LogP contribution in [0.25, 0.3) is 0 Å². The Labute approximate surface area is 208 Å². The summed E-state index contributed by atoms with van der Waals surface area (Å²) in [5.41, 5.74) is 3.25. The van der Waals surface area contributed by atoms with E-state index in [1.165, 1.54) is 17.4 Å². The van der Waals surface area contributed by atoms with Crippen molar-refractivity contribution in [1.82, 2.24) is 4.90 Å². The third-order valence-electron chi connectivity index (χ3n) is 7.17. The van der Waals surface area contributed by atoms with Gasteiger partial charge in [0.25, 0.3) is 0 Å². The Hall–Kier alpha value is -3.03. The van der Waals surface area contributed by atoms with E-state index in [-0.39, 0.29) is 5.92 Å². The van der Waals surface area contributed by atoms with E-state index in [1.807, 2.05) is 54.6 Å². The van der Waals surface area contributed by atoms with Gasteiger partial charge in [0.1, 0.15) is 5.75 Å². The first kappa shape index (κ1) is 23.7. The highest BCUT2D eigenvalue weighted by molar-refractivity contribution is 7.92. The van der Waals surface area contributed by atoms with Crippen molar-refractivity contribution in [3.05, 3.63) is 83.9 Å². The molecule has 0 amide bonds. The first-order valence-corrected chi connectivity index (χ1v) is 14.0. The fourth-order valence-corrected chi connectivity index (χ4v) is 6.38. The number of hydrogen-bond donors (Lipinski definition) is 0. The molecular weight excluding hydrogens is 460 g/mol. The van der Waals surface area contributed by atoms with E-state index < -0.39 is 10.0 Å². The highest BCUT2D eigenvalue weighted by Crippen LogP contribution is 2.44. The van der Waals surface area contributed by atoms with Crippen LogP contribution in [0.2, 0.25) is 0 Å². The van der Waals surface area contributed by atoms with Crippen LogP contribution < -0.4 is 13.8 Å². The van der Waals surface area contributed by atoms with Gasteiger partial charge in [0.2, 0.25) is 10.0 Å². The Balaban J connectivity index is 1.22. The maximum Gasteiger partial charge on any atom is 0.232 e. The molecule has 3 aromatic rings. The number of benzene rings is 3. The first-order chi connectivity index (χ1) is 16.9. The highest BCUT2D eigenvalue weighted by atomic mass is 32.2. The van der Waals surface area contributed by atoms with E-state index in [1.54, 1.807) is 11.4 Å². The molecule has 2 aliphatic rings. The largest absolute Gasteiger partial charge is 0.493 e. The van der Waals surface area contributed by atoms with Gasteiger partial charge in [-0.2, -0.15) is 0 Å². The van der Waals surface area contributed by atoms with Gasteiger partial charge in [0.15, 0.2) is 11.5 Å². The van der Waals surface area contributed by atoms with Gasteiger partial charge in [0, 0.05) is 19.0 Å². The number of likely N-dealkylation sites (tertiary alicyclic amines) is 1. The van der Waals surface area contributed by atoms with Crippen molar-refractivity contribution < 1.29 is 17.9 Å². The van der Waals surface area contributed by atoms with Crippen molar-refractivity contribution in [2.24, 2.45) is 5.92 Å². The number of hydrogen-bond acceptors (Lipinski definition) is 5. The second kappa shape index (κ2) is 9.91. The van der Waals surface area contributed by atoms with Crippen LogP contribution in [0.4, 0.5) is 5.69 Å². The molecule has 35 heavy (non-hydrogen) atoms. The van der Waals surface area contributed by atoms with Gasteiger partial charge in [-0.3, -0.25) is 9.21 Å². The number of sulfonamides is 1. The van der Waals surface area contributed by atoms with E-state index in [0.717, 1.165) is 43.9 Å². The van der Waals surface area contributed by atoms with E-state index in [2.05, 4.69) is 23.1 Å². The summed E-state index contributed by atoms with van der Waals surface area (Å²) in [6.07, 6.45) is 3.43.